The molecule has 0 saturated carbocycles. The monoisotopic (exact) mass is 403 g/mol. The SMILES string of the molecule is CCCS(=O)(=O)N1CCCC1C(=O)N1CCC(c2c[nH]c3ccccc23)CC1. The van der Waals surface area contributed by atoms with Gasteiger partial charge in [-0.2, -0.15) is 4.31 Å². The second kappa shape index (κ2) is 7.87. The summed E-state index contributed by atoms with van der Waals surface area (Å²) in [5.41, 5.74) is 2.48. The van der Waals surface area contributed by atoms with Crippen molar-refractivity contribution in [3.63, 3.8) is 0 Å². The summed E-state index contributed by atoms with van der Waals surface area (Å²) in [4.78, 5) is 18.3. The first kappa shape index (κ1) is 19.5. The molecule has 1 aromatic carbocycles. The lowest BCUT2D eigenvalue weighted by molar-refractivity contribution is -0.135. The highest BCUT2D eigenvalue weighted by molar-refractivity contribution is 7.89. The summed E-state index contributed by atoms with van der Waals surface area (Å²) in [7, 11) is -3.33. The molecule has 1 amide bonds. The Morgan fingerprint density at radius 2 is 1.89 bits per heavy atom. The summed E-state index contributed by atoms with van der Waals surface area (Å²) < 4.78 is 26.5. The Morgan fingerprint density at radius 1 is 1.14 bits per heavy atom. The number of para-hydroxylation sites is 1. The van der Waals surface area contributed by atoms with Gasteiger partial charge in [0.2, 0.25) is 15.9 Å². The zero-order chi connectivity index (χ0) is 19.7. The number of nitrogens with one attached hydrogen (secondary N) is 1. The van der Waals surface area contributed by atoms with Crippen molar-refractivity contribution in [3.05, 3.63) is 36.0 Å². The van der Waals surface area contributed by atoms with E-state index in [1.54, 1.807) is 0 Å². The van der Waals surface area contributed by atoms with Gasteiger partial charge in [-0.05, 0) is 49.7 Å². The smallest absolute Gasteiger partial charge is 0.241 e. The largest absolute Gasteiger partial charge is 0.361 e. The third-order valence-corrected chi connectivity index (χ3v) is 8.25. The molecule has 2 aromatic rings. The molecule has 1 atom stereocenters. The van der Waals surface area contributed by atoms with Gasteiger partial charge >= 0.3 is 0 Å². The molecular formula is C21H29N3O3S. The number of likely N-dealkylation sites (tertiary alicyclic amines) is 1. The third-order valence-electron chi connectivity index (χ3n) is 6.18. The Bertz CT molecular complexity index is 945. The lowest BCUT2D eigenvalue weighted by atomic mass is 9.89. The summed E-state index contributed by atoms with van der Waals surface area (Å²) >= 11 is 0. The van der Waals surface area contributed by atoms with E-state index in [9.17, 15) is 13.2 Å². The molecule has 0 bridgehead atoms. The van der Waals surface area contributed by atoms with Crippen molar-refractivity contribution >= 4 is 26.8 Å². The lowest BCUT2D eigenvalue weighted by Crippen LogP contribution is -2.50. The number of sulfonamides is 1. The van der Waals surface area contributed by atoms with E-state index in [1.807, 2.05) is 17.9 Å². The molecule has 2 aliphatic heterocycles. The van der Waals surface area contributed by atoms with Crippen LogP contribution in [0.5, 0.6) is 0 Å². The average molecular weight is 404 g/mol. The van der Waals surface area contributed by atoms with Crippen LogP contribution in [0.25, 0.3) is 10.9 Å². The molecular weight excluding hydrogens is 374 g/mol. The molecule has 152 valence electrons. The van der Waals surface area contributed by atoms with Crippen LogP contribution in [-0.2, 0) is 14.8 Å². The van der Waals surface area contributed by atoms with Crippen molar-refractivity contribution in [3.8, 4) is 0 Å². The van der Waals surface area contributed by atoms with E-state index < -0.39 is 16.1 Å². The van der Waals surface area contributed by atoms with Crippen LogP contribution in [0.15, 0.2) is 30.5 Å². The molecule has 1 unspecified atom stereocenters. The van der Waals surface area contributed by atoms with Crippen molar-refractivity contribution in [2.24, 2.45) is 0 Å². The number of carbonyl (C=O) groups excluding carboxylic acids is 1. The second-order valence-corrected chi connectivity index (χ2v) is 10.0. The van der Waals surface area contributed by atoms with Gasteiger partial charge in [0, 0.05) is 36.7 Å². The number of rotatable bonds is 5. The topological polar surface area (TPSA) is 73.5 Å². The molecule has 2 aliphatic rings. The minimum absolute atomic E-state index is 0.00504. The van der Waals surface area contributed by atoms with Crippen molar-refractivity contribution in [2.45, 2.75) is 51.0 Å². The molecule has 0 radical (unpaired) electrons. The highest BCUT2D eigenvalue weighted by Crippen LogP contribution is 2.34. The van der Waals surface area contributed by atoms with Crippen LogP contribution in [0.3, 0.4) is 0 Å². The van der Waals surface area contributed by atoms with Gasteiger partial charge in [-0.25, -0.2) is 8.42 Å². The van der Waals surface area contributed by atoms with Gasteiger partial charge in [0.25, 0.3) is 0 Å². The Kier molecular flexibility index (Phi) is 5.47. The van der Waals surface area contributed by atoms with E-state index in [4.69, 9.17) is 0 Å². The van der Waals surface area contributed by atoms with E-state index in [0.717, 1.165) is 24.8 Å². The van der Waals surface area contributed by atoms with Crippen LogP contribution in [0.4, 0.5) is 0 Å². The average Bonchev–Trinajstić information content (AvgIpc) is 3.35. The summed E-state index contributed by atoms with van der Waals surface area (Å²) in [6, 6.07) is 7.82. The van der Waals surface area contributed by atoms with Crippen molar-refractivity contribution in [1.82, 2.24) is 14.2 Å². The van der Waals surface area contributed by atoms with E-state index in [-0.39, 0.29) is 11.7 Å². The number of hydrogen-bond acceptors (Lipinski definition) is 3. The number of fused-ring (bicyclic) bond motifs is 1. The van der Waals surface area contributed by atoms with Crippen LogP contribution >= 0.6 is 0 Å². The highest BCUT2D eigenvalue weighted by atomic mass is 32.2. The minimum atomic E-state index is -3.33. The van der Waals surface area contributed by atoms with Gasteiger partial charge < -0.3 is 9.88 Å². The number of nitrogens with zero attached hydrogens (tertiary/aromatic N) is 2. The highest BCUT2D eigenvalue weighted by Gasteiger charge is 2.40. The molecule has 28 heavy (non-hydrogen) atoms. The standard InChI is InChI=1S/C21H29N3O3S/c1-2-14-28(26,27)24-11-5-8-20(24)21(25)23-12-9-16(10-13-23)18-15-22-19-7-4-3-6-17(18)19/h3-4,6-7,15-16,20,22H,2,5,8-14H2,1H3. The molecule has 7 heteroatoms. The van der Waals surface area contributed by atoms with Gasteiger partial charge in [0.1, 0.15) is 6.04 Å². The second-order valence-electron chi connectivity index (χ2n) is 7.97. The number of aromatic amines is 1. The first-order valence-corrected chi connectivity index (χ1v) is 12.0. The lowest BCUT2D eigenvalue weighted by Gasteiger charge is -2.35. The molecule has 2 saturated heterocycles. The number of hydrogen-bond donors (Lipinski definition) is 1. The molecule has 0 spiro atoms. The fourth-order valence-corrected chi connectivity index (χ4v) is 6.49. The number of H-pyrrole nitrogens is 1. The van der Waals surface area contributed by atoms with Crippen molar-refractivity contribution in [2.75, 3.05) is 25.4 Å². The van der Waals surface area contributed by atoms with Crippen LogP contribution in [0.1, 0.15) is 50.5 Å². The normalized spacial score (nSPS) is 22.2. The fourth-order valence-electron chi connectivity index (χ4n) is 4.75. The molecule has 1 aromatic heterocycles. The van der Waals surface area contributed by atoms with Gasteiger partial charge in [-0.1, -0.05) is 25.1 Å². The zero-order valence-electron chi connectivity index (χ0n) is 16.4. The van der Waals surface area contributed by atoms with Crippen LogP contribution < -0.4 is 0 Å². The number of carbonyl (C=O) groups is 1. The van der Waals surface area contributed by atoms with Crippen molar-refractivity contribution in [1.29, 1.82) is 0 Å². The van der Waals surface area contributed by atoms with E-state index in [0.29, 0.717) is 38.4 Å². The Hall–Kier alpha value is -1.86. The van der Waals surface area contributed by atoms with Crippen LogP contribution in [0.2, 0.25) is 0 Å². The first-order chi connectivity index (χ1) is 13.5. The van der Waals surface area contributed by atoms with Crippen molar-refractivity contribution < 1.29 is 13.2 Å². The quantitative estimate of drug-likeness (QED) is 0.834. The summed E-state index contributed by atoms with van der Waals surface area (Å²) in [5, 5.41) is 1.26. The maximum absolute atomic E-state index is 13.1. The van der Waals surface area contributed by atoms with Gasteiger partial charge in [0.15, 0.2) is 0 Å². The Labute approximate surface area is 166 Å². The predicted octanol–water partition coefficient (Wildman–Crippen LogP) is 3.08. The molecule has 6 nitrogen and oxygen atoms in total. The van der Waals surface area contributed by atoms with Crippen LogP contribution in [-0.4, -0.2) is 59.9 Å². The molecule has 0 aliphatic carbocycles. The van der Waals surface area contributed by atoms with Gasteiger partial charge in [0.05, 0.1) is 5.75 Å². The van der Waals surface area contributed by atoms with E-state index in [2.05, 4.69) is 29.4 Å². The van der Waals surface area contributed by atoms with Gasteiger partial charge in [-0.3, -0.25) is 4.79 Å². The predicted molar refractivity (Wildman–Crippen MR) is 111 cm³/mol. The van der Waals surface area contributed by atoms with E-state index in [1.165, 1.54) is 15.3 Å². The zero-order valence-corrected chi connectivity index (χ0v) is 17.2. The Morgan fingerprint density at radius 3 is 2.64 bits per heavy atom. The summed E-state index contributed by atoms with van der Waals surface area (Å²) in [6.07, 6.45) is 5.93. The van der Waals surface area contributed by atoms with E-state index >= 15 is 0 Å². The molecule has 1 N–H and O–H groups in total. The number of amides is 1. The molecule has 2 fully saturated rings. The van der Waals surface area contributed by atoms with Gasteiger partial charge in [-0.15, -0.1) is 0 Å². The number of aromatic nitrogens is 1. The third kappa shape index (κ3) is 3.57. The molecule has 3 heterocycles. The molecule has 4 rings (SSSR count). The van der Waals surface area contributed by atoms with Crippen LogP contribution in [0, 0.1) is 0 Å². The minimum Gasteiger partial charge on any atom is -0.361 e. The fraction of sp³-hybridized carbons (Fsp3) is 0.571. The summed E-state index contributed by atoms with van der Waals surface area (Å²) in [6.45, 7) is 3.73. The summed E-state index contributed by atoms with van der Waals surface area (Å²) in [5.74, 6) is 0.553. The number of piperidine rings is 1. The maximum Gasteiger partial charge on any atom is 0.241 e. The number of benzene rings is 1. The maximum atomic E-state index is 13.1. The first-order valence-electron chi connectivity index (χ1n) is 10.4. The Balaban J connectivity index is 1.43.